The molecule has 9 heteroatoms. The minimum absolute atomic E-state index is 0.160. The van der Waals surface area contributed by atoms with Gasteiger partial charge in [0.05, 0.1) is 24.4 Å². The van der Waals surface area contributed by atoms with Crippen LogP contribution in [0.2, 0.25) is 0 Å². The van der Waals surface area contributed by atoms with E-state index in [-0.39, 0.29) is 31.2 Å². The van der Waals surface area contributed by atoms with Gasteiger partial charge in [-0.3, -0.25) is 19.3 Å². The Morgan fingerprint density at radius 1 is 1.21 bits per heavy atom. The van der Waals surface area contributed by atoms with Gasteiger partial charge in [-0.25, -0.2) is 4.98 Å². The van der Waals surface area contributed by atoms with Crippen molar-refractivity contribution in [1.29, 1.82) is 0 Å². The topological polar surface area (TPSA) is 97.8 Å². The zero-order chi connectivity index (χ0) is 17.3. The zero-order valence-corrected chi connectivity index (χ0v) is 13.9. The monoisotopic (exact) mass is 349 g/mol. The number of rotatable bonds is 5. The molecule has 0 bridgehead atoms. The third-order valence-corrected chi connectivity index (χ3v) is 4.53. The van der Waals surface area contributed by atoms with Crippen LogP contribution in [0.5, 0.6) is 11.5 Å². The molecule has 0 unspecified atom stereocenters. The molecule has 1 saturated heterocycles. The van der Waals surface area contributed by atoms with E-state index in [4.69, 9.17) is 9.47 Å². The Labute approximate surface area is 141 Å². The summed E-state index contributed by atoms with van der Waals surface area (Å²) in [4.78, 5) is 40.4. The van der Waals surface area contributed by atoms with Crippen LogP contribution in [-0.4, -0.2) is 48.4 Å². The molecule has 0 spiro atoms. The highest BCUT2D eigenvalue weighted by atomic mass is 32.1. The van der Waals surface area contributed by atoms with Gasteiger partial charge in [-0.05, 0) is 0 Å². The molecule has 1 aliphatic rings. The summed E-state index contributed by atoms with van der Waals surface area (Å²) >= 11 is 1.27. The Balaban J connectivity index is 1.76. The SMILES string of the molecule is COc1cc2nc(NC(=O)CN3C(=O)CCC3=O)sc2cc1OC. The van der Waals surface area contributed by atoms with E-state index >= 15 is 0 Å². The highest BCUT2D eigenvalue weighted by molar-refractivity contribution is 7.22. The van der Waals surface area contributed by atoms with Crippen molar-refractivity contribution in [3.8, 4) is 11.5 Å². The number of anilines is 1. The summed E-state index contributed by atoms with van der Waals surface area (Å²) in [6.45, 7) is -0.291. The van der Waals surface area contributed by atoms with Gasteiger partial charge in [-0.2, -0.15) is 0 Å². The maximum Gasteiger partial charge on any atom is 0.246 e. The number of nitrogens with one attached hydrogen (secondary N) is 1. The zero-order valence-electron chi connectivity index (χ0n) is 13.1. The van der Waals surface area contributed by atoms with E-state index in [2.05, 4.69) is 10.3 Å². The van der Waals surface area contributed by atoms with Crippen molar-refractivity contribution < 1.29 is 23.9 Å². The number of fused-ring (bicyclic) bond motifs is 1. The summed E-state index contributed by atoms with van der Waals surface area (Å²) in [6.07, 6.45) is 0.319. The van der Waals surface area contributed by atoms with E-state index in [1.807, 2.05) is 0 Å². The van der Waals surface area contributed by atoms with Gasteiger partial charge >= 0.3 is 0 Å². The van der Waals surface area contributed by atoms with Crippen molar-refractivity contribution in [2.75, 3.05) is 26.1 Å². The number of benzene rings is 1. The number of nitrogens with zero attached hydrogens (tertiary/aromatic N) is 2. The van der Waals surface area contributed by atoms with Gasteiger partial charge in [-0.1, -0.05) is 11.3 Å². The second-order valence-corrected chi connectivity index (χ2v) is 6.15. The predicted octanol–water partition coefficient (Wildman–Crippen LogP) is 1.40. The number of carbonyl (C=O) groups excluding carboxylic acids is 3. The molecule has 1 aromatic carbocycles. The number of ether oxygens (including phenoxy) is 2. The van der Waals surface area contributed by atoms with Crippen LogP contribution >= 0.6 is 11.3 Å². The molecule has 24 heavy (non-hydrogen) atoms. The normalized spacial score (nSPS) is 14.3. The fraction of sp³-hybridized carbons (Fsp3) is 0.333. The molecule has 2 heterocycles. The summed E-state index contributed by atoms with van der Waals surface area (Å²) in [5.41, 5.74) is 0.654. The Hall–Kier alpha value is -2.68. The molecule has 1 aromatic heterocycles. The van der Waals surface area contributed by atoms with Gasteiger partial charge in [0.1, 0.15) is 6.54 Å². The van der Waals surface area contributed by atoms with Crippen LogP contribution in [0.4, 0.5) is 5.13 Å². The lowest BCUT2D eigenvalue weighted by atomic mass is 10.3. The molecular weight excluding hydrogens is 334 g/mol. The van der Waals surface area contributed by atoms with Crippen molar-refractivity contribution >= 4 is 44.4 Å². The summed E-state index contributed by atoms with van der Waals surface area (Å²) in [7, 11) is 3.07. The Kier molecular flexibility index (Phi) is 4.34. The third kappa shape index (κ3) is 3.02. The molecule has 3 rings (SSSR count). The number of thiazole rings is 1. The Morgan fingerprint density at radius 2 is 1.83 bits per heavy atom. The lowest BCUT2D eigenvalue weighted by molar-refractivity contribution is -0.141. The first-order chi connectivity index (χ1) is 11.5. The van der Waals surface area contributed by atoms with E-state index < -0.39 is 5.91 Å². The standard InChI is InChI=1S/C15H15N3O5S/c1-22-9-5-8-11(6-10(9)23-2)24-15(16-8)17-12(19)7-18-13(20)3-4-14(18)21/h5-6H,3-4,7H2,1-2H3,(H,16,17,19). The van der Waals surface area contributed by atoms with Crippen LogP contribution in [0.1, 0.15) is 12.8 Å². The Morgan fingerprint density at radius 3 is 2.46 bits per heavy atom. The fourth-order valence-corrected chi connectivity index (χ4v) is 3.30. The number of methoxy groups -OCH3 is 2. The van der Waals surface area contributed by atoms with Gasteiger partial charge in [0.2, 0.25) is 17.7 Å². The molecule has 0 radical (unpaired) electrons. The molecule has 0 atom stereocenters. The lowest BCUT2D eigenvalue weighted by Gasteiger charge is -2.12. The van der Waals surface area contributed by atoms with E-state index in [1.165, 1.54) is 25.6 Å². The molecule has 1 aliphatic heterocycles. The minimum atomic E-state index is -0.461. The second-order valence-electron chi connectivity index (χ2n) is 5.12. The largest absolute Gasteiger partial charge is 0.493 e. The average Bonchev–Trinajstić information content (AvgIpc) is 3.09. The third-order valence-electron chi connectivity index (χ3n) is 3.60. The molecular formula is C15H15N3O5S. The first kappa shape index (κ1) is 16.2. The van der Waals surface area contributed by atoms with Crippen molar-refractivity contribution in [2.45, 2.75) is 12.8 Å². The summed E-state index contributed by atoms with van der Waals surface area (Å²) in [5, 5.41) is 2.99. The van der Waals surface area contributed by atoms with Crippen molar-refractivity contribution in [3.05, 3.63) is 12.1 Å². The average molecular weight is 349 g/mol. The fourth-order valence-electron chi connectivity index (χ4n) is 2.41. The molecule has 1 N–H and O–H groups in total. The van der Waals surface area contributed by atoms with E-state index in [1.54, 1.807) is 12.1 Å². The molecule has 0 saturated carbocycles. The first-order valence-electron chi connectivity index (χ1n) is 7.17. The van der Waals surface area contributed by atoms with Crippen LogP contribution in [0.25, 0.3) is 10.2 Å². The number of imide groups is 1. The van der Waals surface area contributed by atoms with Crippen LogP contribution in [0, 0.1) is 0 Å². The van der Waals surface area contributed by atoms with Crippen LogP contribution in [0.3, 0.4) is 0 Å². The van der Waals surface area contributed by atoms with E-state index in [0.717, 1.165) is 9.60 Å². The van der Waals surface area contributed by atoms with Gasteiger partial charge in [0.25, 0.3) is 0 Å². The quantitative estimate of drug-likeness (QED) is 0.820. The van der Waals surface area contributed by atoms with Gasteiger partial charge in [0, 0.05) is 25.0 Å². The van der Waals surface area contributed by atoms with Crippen molar-refractivity contribution in [2.24, 2.45) is 0 Å². The molecule has 0 aliphatic carbocycles. The maximum absolute atomic E-state index is 12.0. The number of aromatic nitrogens is 1. The van der Waals surface area contributed by atoms with Crippen LogP contribution in [0.15, 0.2) is 12.1 Å². The van der Waals surface area contributed by atoms with E-state index in [9.17, 15) is 14.4 Å². The number of carbonyl (C=O) groups is 3. The van der Waals surface area contributed by atoms with Crippen molar-refractivity contribution in [1.82, 2.24) is 9.88 Å². The second kappa shape index (κ2) is 6.44. The van der Waals surface area contributed by atoms with E-state index in [0.29, 0.717) is 22.1 Å². The Bertz CT molecular complexity index is 775. The minimum Gasteiger partial charge on any atom is -0.493 e. The highest BCUT2D eigenvalue weighted by Crippen LogP contribution is 2.36. The smallest absolute Gasteiger partial charge is 0.246 e. The highest BCUT2D eigenvalue weighted by Gasteiger charge is 2.30. The maximum atomic E-state index is 12.0. The summed E-state index contributed by atoms with van der Waals surface area (Å²) in [6, 6.07) is 3.49. The summed E-state index contributed by atoms with van der Waals surface area (Å²) < 4.78 is 11.3. The van der Waals surface area contributed by atoms with Gasteiger partial charge < -0.3 is 14.8 Å². The van der Waals surface area contributed by atoms with Crippen LogP contribution < -0.4 is 14.8 Å². The molecule has 8 nitrogen and oxygen atoms in total. The number of hydrogen-bond donors (Lipinski definition) is 1. The number of likely N-dealkylation sites (tertiary alicyclic amines) is 1. The molecule has 1 fully saturated rings. The van der Waals surface area contributed by atoms with Gasteiger partial charge in [0.15, 0.2) is 16.6 Å². The lowest BCUT2D eigenvalue weighted by Crippen LogP contribution is -2.36. The predicted molar refractivity (Wildman–Crippen MR) is 87.3 cm³/mol. The summed E-state index contributed by atoms with van der Waals surface area (Å²) in [5.74, 6) is 0.000606. The first-order valence-corrected chi connectivity index (χ1v) is 7.99. The van der Waals surface area contributed by atoms with Crippen molar-refractivity contribution in [3.63, 3.8) is 0 Å². The van der Waals surface area contributed by atoms with Crippen LogP contribution in [-0.2, 0) is 14.4 Å². The number of amides is 3. The molecule has 126 valence electrons. The molecule has 3 amide bonds. The van der Waals surface area contributed by atoms with Gasteiger partial charge in [-0.15, -0.1) is 0 Å². The molecule has 2 aromatic rings. The number of hydrogen-bond acceptors (Lipinski definition) is 7.